The molecular formula is C13H19BrN2O. The lowest BCUT2D eigenvalue weighted by Crippen LogP contribution is -2.54. The predicted molar refractivity (Wildman–Crippen MR) is 74.3 cm³/mol. The van der Waals surface area contributed by atoms with Gasteiger partial charge in [0.05, 0.1) is 12.1 Å². The molecule has 2 rings (SSSR count). The highest BCUT2D eigenvalue weighted by molar-refractivity contribution is 9.10. The molecule has 1 aliphatic rings. The molecule has 0 spiro atoms. The lowest BCUT2D eigenvalue weighted by Gasteiger charge is -2.41. The number of para-hydroxylation sites is 1. The highest BCUT2D eigenvalue weighted by Crippen LogP contribution is 2.29. The standard InChI is InChI=1S/C13H19BrN2O/c1-16-8-4-7-13(9-16,10-17)15-12-6-3-2-5-11(12)14/h2-3,5-6,15,17H,4,7-10H2,1H3. The van der Waals surface area contributed by atoms with Crippen LogP contribution in [0, 0.1) is 0 Å². The minimum atomic E-state index is -0.211. The molecule has 1 atom stereocenters. The molecule has 1 fully saturated rings. The second-order valence-electron chi connectivity index (χ2n) is 4.88. The number of likely N-dealkylation sites (tertiary alicyclic amines) is 1. The molecule has 2 N–H and O–H groups in total. The van der Waals surface area contributed by atoms with Gasteiger partial charge >= 0.3 is 0 Å². The fourth-order valence-electron chi connectivity index (χ4n) is 2.48. The molecule has 0 bridgehead atoms. The second-order valence-corrected chi connectivity index (χ2v) is 5.74. The maximum Gasteiger partial charge on any atom is 0.0731 e. The van der Waals surface area contributed by atoms with Gasteiger partial charge < -0.3 is 15.3 Å². The molecule has 1 aliphatic heterocycles. The Morgan fingerprint density at radius 1 is 1.47 bits per heavy atom. The van der Waals surface area contributed by atoms with Crippen LogP contribution in [-0.2, 0) is 0 Å². The quantitative estimate of drug-likeness (QED) is 0.899. The van der Waals surface area contributed by atoms with Crippen LogP contribution in [-0.4, -0.2) is 42.3 Å². The van der Waals surface area contributed by atoms with Crippen molar-refractivity contribution in [3.05, 3.63) is 28.7 Å². The molecule has 0 aliphatic carbocycles. The first-order chi connectivity index (χ1) is 8.15. The van der Waals surface area contributed by atoms with Crippen molar-refractivity contribution in [2.24, 2.45) is 0 Å². The first-order valence-corrected chi connectivity index (χ1v) is 6.77. The van der Waals surface area contributed by atoms with Crippen LogP contribution < -0.4 is 5.32 Å². The summed E-state index contributed by atoms with van der Waals surface area (Å²) < 4.78 is 1.04. The highest BCUT2D eigenvalue weighted by atomic mass is 79.9. The van der Waals surface area contributed by atoms with Crippen molar-refractivity contribution in [3.8, 4) is 0 Å². The van der Waals surface area contributed by atoms with Crippen LogP contribution in [0.3, 0.4) is 0 Å². The second kappa shape index (κ2) is 5.38. The lowest BCUT2D eigenvalue weighted by molar-refractivity contribution is 0.124. The average molecular weight is 299 g/mol. The van der Waals surface area contributed by atoms with E-state index < -0.39 is 0 Å². The van der Waals surface area contributed by atoms with E-state index in [1.54, 1.807) is 0 Å². The molecule has 0 aromatic heterocycles. The number of piperidine rings is 1. The minimum Gasteiger partial charge on any atom is -0.394 e. The van der Waals surface area contributed by atoms with E-state index in [4.69, 9.17) is 0 Å². The Morgan fingerprint density at radius 3 is 2.88 bits per heavy atom. The first kappa shape index (κ1) is 12.9. The van der Waals surface area contributed by atoms with Crippen LogP contribution in [0.5, 0.6) is 0 Å². The highest BCUT2D eigenvalue weighted by Gasteiger charge is 2.33. The summed E-state index contributed by atoms with van der Waals surface area (Å²) in [6, 6.07) is 8.05. The molecule has 0 radical (unpaired) electrons. The van der Waals surface area contributed by atoms with E-state index in [9.17, 15) is 5.11 Å². The third kappa shape index (κ3) is 3.00. The average Bonchev–Trinajstić information content (AvgIpc) is 2.32. The van der Waals surface area contributed by atoms with Crippen LogP contribution >= 0.6 is 15.9 Å². The molecule has 17 heavy (non-hydrogen) atoms. The maximum atomic E-state index is 9.71. The van der Waals surface area contributed by atoms with Crippen molar-refractivity contribution in [2.45, 2.75) is 18.4 Å². The number of halogens is 1. The van der Waals surface area contributed by atoms with E-state index in [-0.39, 0.29) is 12.1 Å². The van der Waals surface area contributed by atoms with Gasteiger partial charge in [-0.2, -0.15) is 0 Å². The third-order valence-corrected chi connectivity index (χ3v) is 4.04. The summed E-state index contributed by atoms with van der Waals surface area (Å²) in [5.41, 5.74) is 0.841. The Hall–Kier alpha value is -0.580. The SMILES string of the molecule is CN1CCCC(CO)(Nc2ccccc2Br)C1. The van der Waals surface area contributed by atoms with Gasteiger partial charge in [-0.05, 0) is 54.5 Å². The molecule has 3 nitrogen and oxygen atoms in total. The molecule has 1 heterocycles. The Labute approximate surface area is 111 Å². The minimum absolute atomic E-state index is 0.165. The summed E-state index contributed by atoms with van der Waals surface area (Å²) in [5.74, 6) is 0. The van der Waals surface area contributed by atoms with Gasteiger partial charge in [-0.15, -0.1) is 0 Å². The van der Waals surface area contributed by atoms with Crippen molar-refractivity contribution in [2.75, 3.05) is 32.1 Å². The zero-order valence-corrected chi connectivity index (χ0v) is 11.7. The zero-order valence-electron chi connectivity index (χ0n) is 10.1. The van der Waals surface area contributed by atoms with E-state index in [0.717, 1.165) is 36.1 Å². The number of aliphatic hydroxyl groups is 1. The molecule has 4 heteroatoms. The number of likely N-dealkylation sites (N-methyl/N-ethyl adjacent to an activating group) is 1. The smallest absolute Gasteiger partial charge is 0.0731 e. The molecule has 1 unspecified atom stereocenters. The van der Waals surface area contributed by atoms with Crippen molar-refractivity contribution in [1.29, 1.82) is 0 Å². The number of anilines is 1. The summed E-state index contributed by atoms with van der Waals surface area (Å²) in [6.07, 6.45) is 2.13. The number of rotatable bonds is 3. The van der Waals surface area contributed by atoms with E-state index in [2.05, 4.69) is 33.2 Å². The summed E-state index contributed by atoms with van der Waals surface area (Å²) in [5, 5.41) is 13.2. The third-order valence-electron chi connectivity index (χ3n) is 3.34. The van der Waals surface area contributed by atoms with Crippen LogP contribution in [0.2, 0.25) is 0 Å². The molecule has 1 aromatic carbocycles. The maximum absolute atomic E-state index is 9.71. The molecule has 94 valence electrons. The van der Waals surface area contributed by atoms with Crippen LogP contribution in [0.15, 0.2) is 28.7 Å². The monoisotopic (exact) mass is 298 g/mol. The molecule has 1 saturated heterocycles. The molecule has 0 saturated carbocycles. The summed E-state index contributed by atoms with van der Waals surface area (Å²) in [7, 11) is 2.10. The Morgan fingerprint density at radius 2 is 2.24 bits per heavy atom. The number of nitrogens with zero attached hydrogens (tertiary/aromatic N) is 1. The van der Waals surface area contributed by atoms with E-state index in [0.29, 0.717) is 0 Å². The van der Waals surface area contributed by atoms with Gasteiger partial charge in [0.2, 0.25) is 0 Å². The number of hydrogen-bond acceptors (Lipinski definition) is 3. The van der Waals surface area contributed by atoms with E-state index >= 15 is 0 Å². The first-order valence-electron chi connectivity index (χ1n) is 5.97. The summed E-state index contributed by atoms with van der Waals surface area (Å²) in [6.45, 7) is 2.16. The lowest BCUT2D eigenvalue weighted by atomic mass is 9.89. The number of hydrogen-bond donors (Lipinski definition) is 2. The van der Waals surface area contributed by atoms with Gasteiger partial charge in [0, 0.05) is 16.7 Å². The fourth-order valence-corrected chi connectivity index (χ4v) is 2.86. The number of benzene rings is 1. The van der Waals surface area contributed by atoms with Gasteiger partial charge in [-0.3, -0.25) is 0 Å². The van der Waals surface area contributed by atoms with Crippen LogP contribution in [0.4, 0.5) is 5.69 Å². The van der Waals surface area contributed by atoms with E-state index in [1.165, 1.54) is 0 Å². The van der Waals surface area contributed by atoms with Crippen molar-refractivity contribution in [1.82, 2.24) is 4.90 Å². The number of aliphatic hydroxyl groups excluding tert-OH is 1. The normalized spacial score (nSPS) is 25.8. The van der Waals surface area contributed by atoms with Gasteiger partial charge in [-0.1, -0.05) is 12.1 Å². The van der Waals surface area contributed by atoms with Crippen molar-refractivity contribution in [3.63, 3.8) is 0 Å². The van der Waals surface area contributed by atoms with Crippen LogP contribution in [0.25, 0.3) is 0 Å². The Kier molecular flexibility index (Phi) is 4.07. The predicted octanol–water partition coefficient (Wildman–Crippen LogP) is 2.32. The van der Waals surface area contributed by atoms with Gasteiger partial charge in [0.15, 0.2) is 0 Å². The van der Waals surface area contributed by atoms with Crippen LogP contribution in [0.1, 0.15) is 12.8 Å². The van der Waals surface area contributed by atoms with Crippen molar-refractivity contribution >= 4 is 21.6 Å². The summed E-state index contributed by atoms with van der Waals surface area (Å²) in [4.78, 5) is 2.27. The number of nitrogens with one attached hydrogen (secondary N) is 1. The molecule has 0 amide bonds. The zero-order chi connectivity index (χ0) is 12.3. The molecular weight excluding hydrogens is 280 g/mol. The Balaban J connectivity index is 2.17. The largest absolute Gasteiger partial charge is 0.394 e. The topological polar surface area (TPSA) is 35.5 Å². The van der Waals surface area contributed by atoms with Gasteiger partial charge in [-0.25, -0.2) is 0 Å². The Bertz CT molecular complexity index is 385. The molecule has 1 aromatic rings. The fraction of sp³-hybridized carbons (Fsp3) is 0.538. The van der Waals surface area contributed by atoms with Crippen molar-refractivity contribution < 1.29 is 5.11 Å². The summed E-state index contributed by atoms with van der Waals surface area (Å²) >= 11 is 3.53. The van der Waals surface area contributed by atoms with Gasteiger partial charge in [0.25, 0.3) is 0 Å². The van der Waals surface area contributed by atoms with E-state index in [1.807, 2.05) is 24.3 Å². The van der Waals surface area contributed by atoms with Gasteiger partial charge in [0.1, 0.15) is 0 Å².